The van der Waals surface area contributed by atoms with Crippen molar-refractivity contribution in [1.82, 2.24) is 9.80 Å². The molecule has 1 heterocycles. The lowest BCUT2D eigenvalue weighted by Crippen LogP contribution is -2.52. The van der Waals surface area contributed by atoms with Crippen LogP contribution in [-0.2, 0) is 4.79 Å². The molecule has 0 aromatic heterocycles. The Hall–Kier alpha value is -3.02. The van der Waals surface area contributed by atoms with Crippen molar-refractivity contribution in [2.45, 2.75) is 13.8 Å². The minimum Gasteiger partial charge on any atom is -0.483 e. The molecule has 2 aromatic carbocycles. The van der Waals surface area contributed by atoms with Crippen LogP contribution < -0.4 is 9.47 Å². The summed E-state index contributed by atoms with van der Waals surface area (Å²) in [6, 6.07) is 14.8. The first kappa shape index (κ1) is 18.8. The van der Waals surface area contributed by atoms with E-state index in [1.807, 2.05) is 50.2 Å². The van der Waals surface area contributed by atoms with E-state index in [0.717, 1.165) is 16.9 Å². The van der Waals surface area contributed by atoms with Gasteiger partial charge in [0.25, 0.3) is 5.91 Å². The largest absolute Gasteiger partial charge is 0.483 e. The summed E-state index contributed by atoms with van der Waals surface area (Å²) in [6.07, 6.45) is -0.389. The zero-order valence-electron chi connectivity index (χ0n) is 15.7. The Morgan fingerprint density at radius 2 is 1.56 bits per heavy atom. The summed E-state index contributed by atoms with van der Waals surface area (Å²) < 4.78 is 11.0. The Morgan fingerprint density at radius 1 is 0.889 bits per heavy atom. The number of rotatable bonds is 4. The molecule has 0 bridgehead atoms. The second kappa shape index (κ2) is 8.58. The highest BCUT2D eigenvalue weighted by molar-refractivity contribution is 5.78. The topological polar surface area (TPSA) is 59.1 Å². The second-order valence-corrected chi connectivity index (χ2v) is 6.54. The molecule has 27 heavy (non-hydrogen) atoms. The van der Waals surface area contributed by atoms with Gasteiger partial charge in [-0.1, -0.05) is 30.3 Å². The van der Waals surface area contributed by atoms with E-state index in [2.05, 4.69) is 0 Å². The summed E-state index contributed by atoms with van der Waals surface area (Å²) in [5.74, 6) is 1.17. The van der Waals surface area contributed by atoms with Crippen molar-refractivity contribution in [1.29, 1.82) is 0 Å². The summed E-state index contributed by atoms with van der Waals surface area (Å²) in [5.41, 5.74) is 2.17. The number of hydrogen-bond donors (Lipinski definition) is 0. The summed E-state index contributed by atoms with van der Waals surface area (Å²) in [5, 5.41) is 0. The molecule has 0 aliphatic carbocycles. The van der Waals surface area contributed by atoms with Gasteiger partial charge in [-0.25, -0.2) is 4.79 Å². The number of carbonyl (C=O) groups is 2. The zero-order valence-corrected chi connectivity index (χ0v) is 15.7. The van der Waals surface area contributed by atoms with E-state index < -0.39 is 0 Å². The molecule has 1 fully saturated rings. The number of ether oxygens (including phenoxy) is 2. The lowest BCUT2D eigenvalue weighted by Gasteiger charge is -2.34. The van der Waals surface area contributed by atoms with Gasteiger partial charge in [0.1, 0.15) is 11.5 Å². The first-order valence-electron chi connectivity index (χ1n) is 9.03. The molecule has 6 nitrogen and oxygen atoms in total. The van der Waals surface area contributed by atoms with Gasteiger partial charge in [0.2, 0.25) is 0 Å². The van der Waals surface area contributed by atoms with Gasteiger partial charge in [0.05, 0.1) is 0 Å². The van der Waals surface area contributed by atoms with E-state index >= 15 is 0 Å². The minimum absolute atomic E-state index is 0.00124. The average Bonchev–Trinajstić information content (AvgIpc) is 2.70. The fraction of sp³-hybridized carbons (Fsp3) is 0.333. The van der Waals surface area contributed by atoms with Crippen LogP contribution in [-0.4, -0.2) is 54.6 Å². The lowest BCUT2D eigenvalue weighted by molar-refractivity contribution is -0.134. The molecule has 0 N–H and O–H groups in total. The van der Waals surface area contributed by atoms with Crippen molar-refractivity contribution in [2.24, 2.45) is 0 Å². The third kappa shape index (κ3) is 4.78. The summed E-state index contributed by atoms with van der Waals surface area (Å²) in [6.45, 7) is 5.82. The number of para-hydroxylation sites is 1. The third-order valence-corrected chi connectivity index (χ3v) is 4.75. The van der Waals surface area contributed by atoms with Crippen molar-refractivity contribution in [3.8, 4) is 11.5 Å². The van der Waals surface area contributed by atoms with Gasteiger partial charge >= 0.3 is 6.09 Å². The molecule has 0 atom stereocenters. The second-order valence-electron chi connectivity index (χ2n) is 6.54. The van der Waals surface area contributed by atoms with Gasteiger partial charge in [0.15, 0.2) is 6.61 Å². The highest BCUT2D eigenvalue weighted by Crippen LogP contribution is 2.20. The quantitative estimate of drug-likeness (QED) is 0.832. The summed E-state index contributed by atoms with van der Waals surface area (Å²) >= 11 is 0. The minimum atomic E-state index is -0.389. The van der Waals surface area contributed by atoms with Gasteiger partial charge in [0, 0.05) is 26.2 Å². The van der Waals surface area contributed by atoms with E-state index in [0.29, 0.717) is 31.9 Å². The van der Waals surface area contributed by atoms with Crippen LogP contribution >= 0.6 is 0 Å². The predicted molar refractivity (Wildman–Crippen MR) is 102 cm³/mol. The van der Waals surface area contributed by atoms with Crippen LogP contribution in [0.15, 0.2) is 48.5 Å². The van der Waals surface area contributed by atoms with E-state index in [1.54, 1.807) is 21.9 Å². The number of amides is 2. The van der Waals surface area contributed by atoms with Crippen molar-refractivity contribution >= 4 is 12.0 Å². The van der Waals surface area contributed by atoms with Gasteiger partial charge in [-0.15, -0.1) is 0 Å². The van der Waals surface area contributed by atoms with Crippen molar-refractivity contribution in [3.63, 3.8) is 0 Å². The molecule has 1 aliphatic heterocycles. The lowest BCUT2D eigenvalue weighted by atomic mass is 10.1. The molecule has 3 rings (SSSR count). The van der Waals surface area contributed by atoms with E-state index in [-0.39, 0.29) is 18.6 Å². The maximum absolute atomic E-state index is 12.4. The highest BCUT2D eigenvalue weighted by atomic mass is 16.6. The van der Waals surface area contributed by atoms with E-state index in [1.165, 1.54) is 0 Å². The molecular formula is C21H24N2O4. The standard InChI is InChI=1S/C21H24N2O4/c1-16-7-6-10-19(17(16)2)26-15-20(24)22-11-13-23(14-12-22)21(25)27-18-8-4-3-5-9-18/h3-10H,11-15H2,1-2H3. The predicted octanol–water partition coefficient (Wildman–Crippen LogP) is 3.03. The van der Waals surface area contributed by atoms with Crippen LogP contribution in [0.4, 0.5) is 4.79 Å². The molecule has 1 aliphatic rings. The maximum Gasteiger partial charge on any atom is 0.415 e. The monoisotopic (exact) mass is 368 g/mol. The molecule has 2 amide bonds. The summed E-state index contributed by atoms with van der Waals surface area (Å²) in [4.78, 5) is 27.9. The van der Waals surface area contributed by atoms with Gasteiger partial charge in [-0.05, 0) is 43.2 Å². The third-order valence-electron chi connectivity index (χ3n) is 4.75. The number of benzene rings is 2. The number of aryl methyl sites for hydroxylation is 1. The van der Waals surface area contributed by atoms with Crippen LogP contribution in [0.3, 0.4) is 0 Å². The molecule has 0 unspecified atom stereocenters. The highest BCUT2D eigenvalue weighted by Gasteiger charge is 2.25. The van der Waals surface area contributed by atoms with Crippen LogP contribution in [0.5, 0.6) is 11.5 Å². The van der Waals surface area contributed by atoms with Crippen LogP contribution in [0.2, 0.25) is 0 Å². The molecule has 0 saturated carbocycles. The first-order valence-corrected chi connectivity index (χ1v) is 9.03. The molecule has 0 radical (unpaired) electrons. The number of piperazine rings is 1. The number of carbonyl (C=O) groups excluding carboxylic acids is 2. The first-order chi connectivity index (χ1) is 13.0. The van der Waals surface area contributed by atoms with Crippen LogP contribution in [0.25, 0.3) is 0 Å². The molecular weight excluding hydrogens is 344 g/mol. The fourth-order valence-corrected chi connectivity index (χ4v) is 2.90. The number of nitrogens with zero attached hydrogens (tertiary/aromatic N) is 2. The smallest absolute Gasteiger partial charge is 0.415 e. The van der Waals surface area contributed by atoms with Gasteiger partial charge < -0.3 is 19.3 Å². The Kier molecular flexibility index (Phi) is 5.96. The molecule has 0 spiro atoms. The van der Waals surface area contributed by atoms with Crippen molar-refractivity contribution in [2.75, 3.05) is 32.8 Å². The summed E-state index contributed by atoms with van der Waals surface area (Å²) in [7, 11) is 0. The molecule has 6 heteroatoms. The van der Waals surface area contributed by atoms with Gasteiger partial charge in [-0.3, -0.25) is 4.79 Å². The molecule has 1 saturated heterocycles. The Morgan fingerprint density at radius 3 is 2.26 bits per heavy atom. The normalized spacial score (nSPS) is 14.0. The number of hydrogen-bond acceptors (Lipinski definition) is 4. The zero-order chi connectivity index (χ0) is 19.2. The maximum atomic E-state index is 12.4. The fourth-order valence-electron chi connectivity index (χ4n) is 2.90. The van der Waals surface area contributed by atoms with E-state index in [4.69, 9.17) is 9.47 Å². The van der Waals surface area contributed by atoms with Crippen molar-refractivity contribution in [3.05, 3.63) is 59.7 Å². The molecule has 142 valence electrons. The average molecular weight is 368 g/mol. The van der Waals surface area contributed by atoms with Crippen LogP contribution in [0.1, 0.15) is 11.1 Å². The Labute approximate surface area is 159 Å². The SMILES string of the molecule is Cc1cccc(OCC(=O)N2CCN(C(=O)Oc3ccccc3)CC2)c1C. The van der Waals surface area contributed by atoms with Gasteiger partial charge in [-0.2, -0.15) is 0 Å². The van der Waals surface area contributed by atoms with Crippen LogP contribution in [0, 0.1) is 13.8 Å². The molecule has 2 aromatic rings. The van der Waals surface area contributed by atoms with Crippen molar-refractivity contribution < 1.29 is 19.1 Å². The Bertz CT molecular complexity index is 799. The van der Waals surface area contributed by atoms with E-state index in [9.17, 15) is 9.59 Å². The Balaban J connectivity index is 1.46.